The quantitative estimate of drug-likeness (QED) is 0.208. The lowest BCUT2D eigenvalue weighted by molar-refractivity contribution is -0.124. The highest BCUT2D eigenvalue weighted by molar-refractivity contribution is 7.21. The summed E-state index contributed by atoms with van der Waals surface area (Å²) in [6.45, 7) is 0. The van der Waals surface area contributed by atoms with Crippen LogP contribution < -0.4 is 33.0 Å². The van der Waals surface area contributed by atoms with Crippen molar-refractivity contribution < 1.29 is 23.9 Å². The van der Waals surface area contributed by atoms with Crippen LogP contribution in [0, 0.1) is 0 Å². The predicted octanol–water partition coefficient (Wildman–Crippen LogP) is 4.20. The van der Waals surface area contributed by atoms with Crippen LogP contribution in [0.2, 0.25) is 0 Å². The summed E-state index contributed by atoms with van der Waals surface area (Å²) < 4.78 is 11.7. The number of anilines is 1. The lowest BCUT2D eigenvalue weighted by atomic mass is 9.70. The topological polar surface area (TPSA) is 186 Å². The number of ether oxygens (including phenoxy) is 2. The third-order valence-corrected chi connectivity index (χ3v) is 9.35. The molecule has 42 heavy (non-hydrogen) atoms. The second kappa shape index (κ2) is 10.8. The molecular formula is C31H31N5O5S. The number of carbonyl (C=O) groups excluding carboxylic acids is 3. The fourth-order valence-corrected chi connectivity index (χ4v) is 7.20. The van der Waals surface area contributed by atoms with Crippen molar-refractivity contribution in [1.82, 2.24) is 5.32 Å². The minimum absolute atomic E-state index is 0.125. The van der Waals surface area contributed by atoms with Gasteiger partial charge in [-0.25, -0.2) is 4.79 Å². The number of primary amides is 1. The van der Waals surface area contributed by atoms with E-state index < -0.39 is 23.5 Å². The Hall–Kier alpha value is -4.45. The summed E-state index contributed by atoms with van der Waals surface area (Å²) in [7, 11) is 0. The van der Waals surface area contributed by atoms with Crippen LogP contribution in [0.25, 0.3) is 10.1 Å². The van der Waals surface area contributed by atoms with Crippen LogP contribution in [0.1, 0.15) is 58.1 Å². The van der Waals surface area contributed by atoms with Crippen LogP contribution in [0.4, 0.5) is 10.5 Å². The van der Waals surface area contributed by atoms with Crippen molar-refractivity contribution in [2.75, 3.05) is 5.73 Å². The summed E-state index contributed by atoms with van der Waals surface area (Å²) >= 11 is 1.21. The second-order valence-electron chi connectivity index (χ2n) is 10.7. The van der Waals surface area contributed by atoms with Crippen molar-refractivity contribution >= 4 is 44.9 Å². The van der Waals surface area contributed by atoms with E-state index in [-0.39, 0.29) is 18.1 Å². The van der Waals surface area contributed by atoms with E-state index in [0.29, 0.717) is 74.5 Å². The van der Waals surface area contributed by atoms with Crippen LogP contribution in [-0.4, -0.2) is 29.9 Å². The number of ketones is 1. The third kappa shape index (κ3) is 4.75. The Balaban J connectivity index is 1.32. The number of nitrogens with two attached hydrogens (primary N) is 4. The van der Waals surface area contributed by atoms with E-state index in [2.05, 4.69) is 5.32 Å². The van der Waals surface area contributed by atoms with Crippen LogP contribution >= 0.6 is 11.3 Å². The van der Waals surface area contributed by atoms with Crippen molar-refractivity contribution in [2.24, 2.45) is 17.2 Å². The van der Waals surface area contributed by atoms with Crippen molar-refractivity contribution in [3.63, 3.8) is 0 Å². The molecule has 11 heteroatoms. The van der Waals surface area contributed by atoms with E-state index >= 15 is 0 Å². The molecule has 4 aromatic rings. The van der Waals surface area contributed by atoms with Gasteiger partial charge in [-0.15, -0.1) is 11.3 Å². The lowest BCUT2D eigenvalue weighted by Crippen LogP contribution is -2.52. The van der Waals surface area contributed by atoms with Gasteiger partial charge >= 0.3 is 6.09 Å². The molecule has 1 aromatic heterocycles. The van der Waals surface area contributed by atoms with E-state index in [1.165, 1.54) is 11.3 Å². The van der Waals surface area contributed by atoms with Crippen molar-refractivity contribution in [3.8, 4) is 11.5 Å². The molecule has 0 spiro atoms. The molecule has 0 aliphatic heterocycles. The van der Waals surface area contributed by atoms with E-state index in [1.54, 1.807) is 36.4 Å². The number of hydrogen-bond acceptors (Lipinski definition) is 9. The number of hydrogen-bond donors (Lipinski definition) is 5. The number of para-hydroxylation sites is 1. The van der Waals surface area contributed by atoms with Gasteiger partial charge in [0.05, 0.1) is 15.6 Å². The fourth-order valence-electron chi connectivity index (χ4n) is 6.00. The van der Waals surface area contributed by atoms with Gasteiger partial charge in [0.1, 0.15) is 23.1 Å². The molecule has 2 aliphatic carbocycles. The normalized spacial score (nSPS) is 23.4. The Labute approximate surface area is 245 Å². The molecule has 1 heterocycles. The van der Waals surface area contributed by atoms with Gasteiger partial charge < -0.3 is 37.7 Å². The highest BCUT2D eigenvalue weighted by atomic mass is 32.1. The zero-order chi connectivity index (χ0) is 29.6. The zero-order valence-corrected chi connectivity index (χ0v) is 23.5. The Morgan fingerprint density at radius 1 is 0.929 bits per heavy atom. The van der Waals surface area contributed by atoms with Crippen LogP contribution in [0.5, 0.6) is 11.5 Å². The number of benzene rings is 3. The molecular weight excluding hydrogens is 554 g/mol. The number of rotatable bonds is 6. The number of nitrogens with one attached hydrogen (secondary N) is 1. The molecule has 216 valence electrons. The molecule has 2 aliphatic rings. The van der Waals surface area contributed by atoms with Gasteiger partial charge in [0, 0.05) is 22.7 Å². The lowest BCUT2D eigenvalue weighted by Gasteiger charge is -2.36. The third-order valence-electron chi connectivity index (χ3n) is 8.10. The summed E-state index contributed by atoms with van der Waals surface area (Å²) in [4.78, 5) is 39.0. The standard InChI is InChI=1S/C31H31N5O5S/c32-22-15-14-21-23-24(27(42-26(22)23)29(38)36-17-8-12-20(13-9-17)41-30(34)39)25(33)28(37)31(21,35)16-6-10-19(11-7-16)40-18-4-2-1-3-5-18/h1-7,10-11,14-15,17,20,25H,8-9,12-13,32-33,35H2,(H2,34,39)(H,36,38). The van der Waals surface area contributed by atoms with Gasteiger partial charge in [0.2, 0.25) is 0 Å². The first-order valence-electron chi connectivity index (χ1n) is 13.7. The Kier molecular flexibility index (Phi) is 7.09. The van der Waals surface area contributed by atoms with Crippen molar-refractivity contribution in [3.05, 3.63) is 88.3 Å². The first-order chi connectivity index (χ1) is 20.2. The van der Waals surface area contributed by atoms with Gasteiger partial charge in [0.25, 0.3) is 5.91 Å². The van der Waals surface area contributed by atoms with Crippen LogP contribution in [-0.2, 0) is 15.1 Å². The summed E-state index contributed by atoms with van der Waals surface area (Å²) in [6.07, 6.45) is 1.37. The molecule has 10 nitrogen and oxygen atoms in total. The number of thiophene rings is 1. The summed E-state index contributed by atoms with van der Waals surface area (Å²) in [6, 6.07) is 18.6. The first-order valence-corrected chi connectivity index (χ1v) is 14.5. The minimum Gasteiger partial charge on any atom is -0.457 e. The number of Topliss-reactive ketones (excluding diaryl/α,β-unsaturated/α-hetero) is 1. The maximum absolute atomic E-state index is 14.0. The van der Waals surface area contributed by atoms with Crippen LogP contribution in [0.15, 0.2) is 66.7 Å². The highest BCUT2D eigenvalue weighted by Crippen LogP contribution is 2.49. The number of nitrogen functional groups attached to an aromatic ring is 1. The monoisotopic (exact) mass is 585 g/mol. The maximum Gasteiger partial charge on any atom is 0.404 e. The first kappa shape index (κ1) is 27.7. The Bertz CT molecular complexity index is 1680. The van der Waals surface area contributed by atoms with E-state index in [4.69, 9.17) is 32.4 Å². The molecule has 2 amide bonds. The van der Waals surface area contributed by atoms with E-state index in [0.717, 1.165) is 0 Å². The summed E-state index contributed by atoms with van der Waals surface area (Å²) in [5, 5.41) is 3.71. The van der Waals surface area contributed by atoms with Gasteiger partial charge in [-0.1, -0.05) is 36.4 Å². The molecule has 1 fully saturated rings. The molecule has 0 radical (unpaired) electrons. The smallest absolute Gasteiger partial charge is 0.404 e. The molecule has 1 saturated carbocycles. The van der Waals surface area contributed by atoms with Crippen molar-refractivity contribution in [2.45, 2.75) is 49.4 Å². The van der Waals surface area contributed by atoms with Gasteiger partial charge in [-0.05, 0) is 67.1 Å². The molecule has 2 atom stereocenters. The maximum atomic E-state index is 14.0. The fraction of sp³-hybridized carbons (Fsp3) is 0.258. The van der Waals surface area contributed by atoms with Gasteiger partial charge in [-0.3, -0.25) is 9.59 Å². The molecule has 6 rings (SSSR count). The Morgan fingerprint density at radius 2 is 1.60 bits per heavy atom. The second-order valence-corrected chi connectivity index (χ2v) is 11.7. The van der Waals surface area contributed by atoms with Gasteiger partial charge in [-0.2, -0.15) is 0 Å². The summed E-state index contributed by atoms with van der Waals surface area (Å²) in [5.41, 5.74) is 25.5. The SMILES string of the molecule is NC(=O)OC1CCC(NC(=O)c2sc3c(N)ccc4c3c2C(N)C(=O)C4(N)c2ccc(Oc3ccccc3)cc2)CC1. The molecule has 9 N–H and O–H groups in total. The Morgan fingerprint density at radius 3 is 2.26 bits per heavy atom. The largest absolute Gasteiger partial charge is 0.457 e. The van der Waals surface area contributed by atoms with E-state index in [1.807, 2.05) is 30.3 Å². The zero-order valence-electron chi connectivity index (χ0n) is 22.7. The predicted molar refractivity (Wildman–Crippen MR) is 160 cm³/mol. The van der Waals surface area contributed by atoms with Crippen molar-refractivity contribution in [1.29, 1.82) is 0 Å². The molecule has 0 bridgehead atoms. The molecule has 3 aromatic carbocycles. The van der Waals surface area contributed by atoms with E-state index in [9.17, 15) is 14.4 Å². The minimum atomic E-state index is -1.56. The highest BCUT2D eigenvalue weighted by Gasteiger charge is 2.48. The number of amides is 2. The summed E-state index contributed by atoms with van der Waals surface area (Å²) in [5.74, 6) is 0.527. The molecule has 2 unspecified atom stereocenters. The molecule has 0 saturated heterocycles. The number of carbonyl (C=O) groups is 3. The van der Waals surface area contributed by atoms with Gasteiger partial charge in [0.15, 0.2) is 5.78 Å². The average Bonchev–Trinajstić information content (AvgIpc) is 3.39. The average molecular weight is 586 g/mol. The van der Waals surface area contributed by atoms with Crippen LogP contribution in [0.3, 0.4) is 0 Å².